The van der Waals surface area contributed by atoms with Crippen molar-refractivity contribution in [1.29, 1.82) is 0 Å². The molecule has 0 N–H and O–H groups in total. The van der Waals surface area contributed by atoms with Crippen LogP contribution in [0.3, 0.4) is 0 Å². The fourth-order valence-corrected chi connectivity index (χ4v) is 2.48. The van der Waals surface area contributed by atoms with Crippen molar-refractivity contribution in [2.75, 3.05) is 7.05 Å². The van der Waals surface area contributed by atoms with Crippen LogP contribution in [0.15, 0.2) is 24.5 Å². The lowest BCUT2D eigenvalue weighted by Crippen LogP contribution is -2.26. The number of pyridine rings is 1. The van der Waals surface area contributed by atoms with Gasteiger partial charge in [-0.05, 0) is 37.9 Å². The van der Waals surface area contributed by atoms with Gasteiger partial charge in [0.1, 0.15) is 0 Å². The monoisotopic (exact) mass is 190 g/mol. The lowest BCUT2D eigenvalue weighted by molar-refractivity contribution is 0.238. The van der Waals surface area contributed by atoms with Gasteiger partial charge in [-0.25, -0.2) is 0 Å². The van der Waals surface area contributed by atoms with Crippen LogP contribution in [0.4, 0.5) is 0 Å². The molecular weight excluding hydrogens is 172 g/mol. The molecule has 1 aromatic heterocycles. The van der Waals surface area contributed by atoms with Crippen LogP contribution in [-0.4, -0.2) is 23.0 Å². The molecule has 0 bridgehead atoms. The summed E-state index contributed by atoms with van der Waals surface area (Å²) in [4.78, 5) is 6.68. The van der Waals surface area contributed by atoms with Gasteiger partial charge in [-0.3, -0.25) is 9.88 Å². The summed E-state index contributed by atoms with van der Waals surface area (Å²) in [6, 6.07) is 5.57. The number of nitrogens with zero attached hydrogens (tertiary/aromatic N) is 2. The molecule has 2 nitrogen and oxygen atoms in total. The fourth-order valence-electron chi connectivity index (χ4n) is 2.48. The molecule has 0 aromatic carbocycles. The molecule has 2 atom stereocenters. The van der Waals surface area contributed by atoms with Crippen molar-refractivity contribution in [1.82, 2.24) is 9.88 Å². The van der Waals surface area contributed by atoms with Crippen LogP contribution in [0, 0.1) is 0 Å². The lowest BCUT2D eigenvalue weighted by atomic mass is 10.1. The average molecular weight is 190 g/mol. The third-order valence-corrected chi connectivity index (χ3v) is 3.38. The summed E-state index contributed by atoms with van der Waals surface area (Å²) >= 11 is 0. The molecular formula is C12H18N2. The SMILES string of the molecule is CC[C@H]1CC[C@@H](c2cccnc2)N1C. The second-order valence-electron chi connectivity index (χ2n) is 4.11. The van der Waals surface area contributed by atoms with Crippen LogP contribution in [0.5, 0.6) is 0 Å². The van der Waals surface area contributed by atoms with E-state index in [1.54, 1.807) is 0 Å². The zero-order valence-corrected chi connectivity index (χ0v) is 8.98. The molecule has 0 unspecified atom stereocenters. The normalized spacial score (nSPS) is 28.1. The lowest BCUT2D eigenvalue weighted by Gasteiger charge is -2.24. The predicted octanol–water partition coefficient (Wildman–Crippen LogP) is 2.63. The summed E-state index contributed by atoms with van der Waals surface area (Å²) in [5.74, 6) is 0. The molecule has 0 aliphatic carbocycles. The van der Waals surface area contributed by atoms with E-state index in [0.29, 0.717) is 6.04 Å². The molecule has 76 valence electrons. The third kappa shape index (κ3) is 1.67. The van der Waals surface area contributed by atoms with Crippen LogP contribution < -0.4 is 0 Å². The smallest absolute Gasteiger partial charge is 0.0363 e. The number of likely N-dealkylation sites (tertiary alicyclic amines) is 1. The van der Waals surface area contributed by atoms with Gasteiger partial charge in [0.05, 0.1) is 0 Å². The minimum atomic E-state index is 0.591. The first-order valence-corrected chi connectivity index (χ1v) is 5.44. The van der Waals surface area contributed by atoms with Gasteiger partial charge in [-0.2, -0.15) is 0 Å². The van der Waals surface area contributed by atoms with Crippen LogP contribution >= 0.6 is 0 Å². The van der Waals surface area contributed by atoms with E-state index in [0.717, 1.165) is 6.04 Å². The highest BCUT2D eigenvalue weighted by Gasteiger charge is 2.29. The van der Waals surface area contributed by atoms with Gasteiger partial charge in [0.25, 0.3) is 0 Å². The molecule has 1 saturated heterocycles. The molecule has 0 radical (unpaired) electrons. The van der Waals surface area contributed by atoms with E-state index in [4.69, 9.17) is 0 Å². The zero-order chi connectivity index (χ0) is 9.97. The summed E-state index contributed by atoms with van der Waals surface area (Å²) in [7, 11) is 2.23. The summed E-state index contributed by atoms with van der Waals surface area (Å²) in [6.07, 6.45) is 7.70. The van der Waals surface area contributed by atoms with Crippen molar-refractivity contribution in [3.8, 4) is 0 Å². The third-order valence-electron chi connectivity index (χ3n) is 3.38. The van der Waals surface area contributed by atoms with Gasteiger partial charge >= 0.3 is 0 Å². The van der Waals surface area contributed by atoms with E-state index in [1.165, 1.54) is 24.8 Å². The Morgan fingerprint density at radius 2 is 2.36 bits per heavy atom. The minimum Gasteiger partial charge on any atom is -0.296 e. The molecule has 2 rings (SSSR count). The number of hydrogen-bond donors (Lipinski definition) is 0. The first kappa shape index (κ1) is 9.66. The molecule has 1 aliphatic heterocycles. The fraction of sp³-hybridized carbons (Fsp3) is 0.583. The van der Waals surface area contributed by atoms with Crippen LogP contribution in [0.2, 0.25) is 0 Å². The standard InChI is InChI=1S/C12H18N2/c1-3-11-6-7-12(14(11)2)10-5-4-8-13-9-10/h4-5,8-9,11-12H,3,6-7H2,1-2H3/t11-,12-/m0/s1. The molecule has 14 heavy (non-hydrogen) atoms. The van der Waals surface area contributed by atoms with Crippen molar-refractivity contribution >= 4 is 0 Å². The minimum absolute atomic E-state index is 0.591. The largest absolute Gasteiger partial charge is 0.296 e. The zero-order valence-electron chi connectivity index (χ0n) is 8.98. The highest BCUT2D eigenvalue weighted by atomic mass is 15.2. The van der Waals surface area contributed by atoms with E-state index in [9.17, 15) is 0 Å². The maximum atomic E-state index is 4.19. The first-order chi connectivity index (χ1) is 6.83. The topological polar surface area (TPSA) is 16.1 Å². The van der Waals surface area contributed by atoms with Gasteiger partial charge in [0.15, 0.2) is 0 Å². The molecule has 2 heteroatoms. The molecule has 0 saturated carbocycles. The molecule has 0 amide bonds. The Kier molecular flexibility index (Phi) is 2.82. The van der Waals surface area contributed by atoms with Gasteiger partial charge in [0.2, 0.25) is 0 Å². The Morgan fingerprint density at radius 1 is 1.50 bits per heavy atom. The molecule has 1 aromatic rings. The van der Waals surface area contributed by atoms with Gasteiger partial charge in [-0.15, -0.1) is 0 Å². The van der Waals surface area contributed by atoms with Crippen LogP contribution in [0.25, 0.3) is 0 Å². The highest BCUT2D eigenvalue weighted by Crippen LogP contribution is 2.35. The van der Waals surface area contributed by atoms with E-state index in [1.807, 2.05) is 18.5 Å². The second kappa shape index (κ2) is 4.09. The molecule has 1 aliphatic rings. The molecule has 2 heterocycles. The maximum Gasteiger partial charge on any atom is 0.0363 e. The average Bonchev–Trinajstić information content (AvgIpc) is 2.61. The van der Waals surface area contributed by atoms with E-state index in [-0.39, 0.29) is 0 Å². The number of aromatic nitrogens is 1. The van der Waals surface area contributed by atoms with E-state index < -0.39 is 0 Å². The van der Waals surface area contributed by atoms with E-state index in [2.05, 4.69) is 29.9 Å². The van der Waals surface area contributed by atoms with Gasteiger partial charge in [-0.1, -0.05) is 13.0 Å². The Balaban J connectivity index is 2.14. The second-order valence-corrected chi connectivity index (χ2v) is 4.11. The summed E-state index contributed by atoms with van der Waals surface area (Å²) in [5, 5.41) is 0. The quantitative estimate of drug-likeness (QED) is 0.712. The van der Waals surface area contributed by atoms with Crippen LogP contribution in [-0.2, 0) is 0 Å². The Hall–Kier alpha value is -0.890. The number of hydrogen-bond acceptors (Lipinski definition) is 2. The summed E-state index contributed by atoms with van der Waals surface area (Å²) in [6.45, 7) is 2.27. The number of rotatable bonds is 2. The Bertz CT molecular complexity index is 284. The summed E-state index contributed by atoms with van der Waals surface area (Å²) < 4.78 is 0. The van der Waals surface area contributed by atoms with Crippen molar-refractivity contribution in [2.24, 2.45) is 0 Å². The van der Waals surface area contributed by atoms with Crippen molar-refractivity contribution in [3.05, 3.63) is 30.1 Å². The summed E-state index contributed by atoms with van der Waals surface area (Å²) in [5.41, 5.74) is 1.37. The van der Waals surface area contributed by atoms with Crippen molar-refractivity contribution < 1.29 is 0 Å². The highest BCUT2D eigenvalue weighted by molar-refractivity contribution is 5.15. The first-order valence-electron chi connectivity index (χ1n) is 5.44. The Labute approximate surface area is 86.0 Å². The maximum absolute atomic E-state index is 4.19. The van der Waals surface area contributed by atoms with E-state index >= 15 is 0 Å². The van der Waals surface area contributed by atoms with Crippen molar-refractivity contribution in [2.45, 2.75) is 38.3 Å². The van der Waals surface area contributed by atoms with Crippen molar-refractivity contribution in [3.63, 3.8) is 0 Å². The molecule has 1 fully saturated rings. The molecule has 0 spiro atoms. The van der Waals surface area contributed by atoms with Crippen LogP contribution in [0.1, 0.15) is 37.8 Å². The predicted molar refractivity (Wildman–Crippen MR) is 58.1 cm³/mol. The Morgan fingerprint density at radius 3 is 2.93 bits per heavy atom. The van der Waals surface area contributed by atoms with Gasteiger partial charge < -0.3 is 0 Å². The van der Waals surface area contributed by atoms with Gasteiger partial charge in [0, 0.05) is 24.5 Å².